The number of hydrogen-bond acceptors (Lipinski definition) is 4. The predicted octanol–water partition coefficient (Wildman–Crippen LogP) is 1.86. The van der Waals surface area contributed by atoms with E-state index >= 15 is 0 Å². The summed E-state index contributed by atoms with van der Waals surface area (Å²) in [6.45, 7) is 8.27. The van der Waals surface area contributed by atoms with Crippen molar-refractivity contribution in [2.45, 2.75) is 32.4 Å². The Bertz CT molecular complexity index is 290. The summed E-state index contributed by atoms with van der Waals surface area (Å²) in [5, 5.41) is 4.64. The fourth-order valence-corrected chi connectivity index (χ4v) is 2.72. The van der Waals surface area contributed by atoms with E-state index < -0.39 is 10.8 Å². The molecule has 5 heteroatoms. The van der Waals surface area contributed by atoms with Crippen LogP contribution in [0.4, 0.5) is 0 Å². The topological polar surface area (TPSA) is 41.5 Å². The zero-order chi connectivity index (χ0) is 12.2. The molecule has 0 aromatic carbocycles. The van der Waals surface area contributed by atoms with Crippen LogP contribution in [0.25, 0.3) is 0 Å². The van der Waals surface area contributed by atoms with E-state index in [1.165, 1.54) is 0 Å². The lowest BCUT2D eigenvalue weighted by Gasteiger charge is -2.27. The third-order valence-electron chi connectivity index (χ3n) is 2.64. The fraction of sp³-hybridized carbons (Fsp3) is 0.909. The molecule has 0 spiro atoms. The summed E-state index contributed by atoms with van der Waals surface area (Å²) in [5.41, 5.74) is 0.327. The van der Waals surface area contributed by atoms with Gasteiger partial charge in [0.25, 0.3) is 0 Å². The molecule has 1 aliphatic heterocycles. The lowest BCUT2D eigenvalue weighted by Crippen LogP contribution is -2.32. The monoisotopic (exact) mass is 262 g/mol. The second-order valence-corrected chi connectivity index (χ2v) is 7.86. The molecule has 3 nitrogen and oxygen atoms in total. The predicted molar refractivity (Wildman–Crippen MR) is 74.7 cm³/mol. The summed E-state index contributed by atoms with van der Waals surface area (Å²) in [5.74, 6) is 1.12. The smallest absolute Gasteiger partial charge is 0.156 e. The Morgan fingerprint density at radius 2 is 2.31 bits per heavy atom. The first kappa shape index (κ1) is 14.0. The summed E-state index contributed by atoms with van der Waals surface area (Å²) in [6, 6.07) is 0. The van der Waals surface area contributed by atoms with E-state index in [0.717, 1.165) is 30.4 Å². The Kier molecular flexibility index (Phi) is 5.31. The molecule has 0 fully saturated rings. The van der Waals surface area contributed by atoms with Crippen molar-refractivity contribution in [1.29, 1.82) is 0 Å². The molecule has 1 rings (SSSR count). The van der Waals surface area contributed by atoms with Crippen LogP contribution in [-0.4, -0.2) is 39.7 Å². The van der Waals surface area contributed by atoms with E-state index in [-0.39, 0.29) is 5.25 Å². The van der Waals surface area contributed by atoms with Crippen molar-refractivity contribution in [3.63, 3.8) is 0 Å². The summed E-state index contributed by atoms with van der Waals surface area (Å²) in [7, 11) is -0.716. The minimum Gasteiger partial charge on any atom is -0.365 e. The highest BCUT2D eigenvalue weighted by atomic mass is 32.2. The van der Waals surface area contributed by atoms with Crippen LogP contribution >= 0.6 is 11.8 Å². The first-order chi connectivity index (χ1) is 7.41. The molecule has 0 aromatic rings. The summed E-state index contributed by atoms with van der Waals surface area (Å²) in [4.78, 5) is 4.52. The van der Waals surface area contributed by atoms with Crippen LogP contribution in [0.2, 0.25) is 0 Å². The Labute approximate surface area is 105 Å². The molecule has 0 saturated carbocycles. The van der Waals surface area contributed by atoms with Crippen molar-refractivity contribution < 1.29 is 4.21 Å². The van der Waals surface area contributed by atoms with Gasteiger partial charge in [0.2, 0.25) is 0 Å². The van der Waals surface area contributed by atoms with Gasteiger partial charge in [-0.3, -0.25) is 9.20 Å². The van der Waals surface area contributed by atoms with Gasteiger partial charge in [-0.2, -0.15) is 0 Å². The quantitative estimate of drug-likeness (QED) is 0.841. The number of rotatable bonds is 4. The van der Waals surface area contributed by atoms with E-state index in [2.05, 4.69) is 24.2 Å². The summed E-state index contributed by atoms with van der Waals surface area (Å²) >= 11 is 1.79. The standard InChI is InChI=1S/C11H22N2OS2/c1-9(16(4)14)5-6-12-10-13-7-11(2,3)8-15-10/h9H,5-8H2,1-4H3,(H,12,13). The number of aliphatic imine (C=N–C) groups is 1. The van der Waals surface area contributed by atoms with Gasteiger partial charge in [0.15, 0.2) is 5.17 Å². The Hall–Kier alpha value is -0.0300. The van der Waals surface area contributed by atoms with Crippen molar-refractivity contribution in [1.82, 2.24) is 5.32 Å². The van der Waals surface area contributed by atoms with E-state index in [1.807, 2.05) is 6.92 Å². The van der Waals surface area contributed by atoms with Crippen LogP contribution in [0.5, 0.6) is 0 Å². The molecule has 1 aliphatic rings. The second-order valence-electron chi connectivity index (χ2n) is 5.10. The molecule has 16 heavy (non-hydrogen) atoms. The van der Waals surface area contributed by atoms with Gasteiger partial charge >= 0.3 is 0 Å². The van der Waals surface area contributed by atoms with Gasteiger partial charge < -0.3 is 5.32 Å². The average molecular weight is 262 g/mol. The average Bonchev–Trinajstić information content (AvgIpc) is 2.20. The minimum absolute atomic E-state index is 0.262. The maximum Gasteiger partial charge on any atom is 0.156 e. The number of nitrogens with zero attached hydrogens (tertiary/aromatic N) is 1. The molecular weight excluding hydrogens is 240 g/mol. The molecule has 2 unspecified atom stereocenters. The van der Waals surface area contributed by atoms with E-state index in [4.69, 9.17) is 0 Å². The highest BCUT2D eigenvalue weighted by molar-refractivity contribution is 8.13. The first-order valence-electron chi connectivity index (χ1n) is 5.64. The highest BCUT2D eigenvalue weighted by Crippen LogP contribution is 2.26. The number of nitrogens with one attached hydrogen (secondary N) is 1. The summed E-state index contributed by atoms with van der Waals surface area (Å²) in [6.07, 6.45) is 2.70. The van der Waals surface area contributed by atoms with Gasteiger partial charge in [0.05, 0.1) is 0 Å². The Balaban J connectivity index is 2.25. The van der Waals surface area contributed by atoms with Crippen molar-refractivity contribution in [2.24, 2.45) is 10.4 Å². The highest BCUT2D eigenvalue weighted by Gasteiger charge is 2.23. The third-order valence-corrected chi connectivity index (χ3v) is 5.49. The number of amidine groups is 1. The van der Waals surface area contributed by atoms with Gasteiger partial charge in [0.1, 0.15) is 0 Å². The first-order valence-corrected chi connectivity index (χ1v) is 8.25. The second kappa shape index (κ2) is 6.05. The van der Waals surface area contributed by atoms with Gasteiger partial charge in [-0.15, -0.1) is 0 Å². The third kappa shape index (κ3) is 4.87. The van der Waals surface area contributed by atoms with Crippen molar-refractivity contribution in [2.75, 3.05) is 25.1 Å². The molecule has 94 valence electrons. The number of thioether (sulfide) groups is 1. The molecule has 1 heterocycles. The normalized spacial score (nSPS) is 23.4. The SMILES string of the molecule is CC(CCNC1=NCC(C)(C)CS1)S(C)=O. The minimum atomic E-state index is -0.716. The zero-order valence-electron chi connectivity index (χ0n) is 10.6. The molecule has 0 saturated heterocycles. The van der Waals surface area contributed by atoms with Gasteiger partial charge in [0, 0.05) is 41.1 Å². The largest absolute Gasteiger partial charge is 0.365 e. The van der Waals surface area contributed by atoms with E-state index in [0.29, 0.717) is 5.41 Å². The van der Waals surface area contributed by atoms with Crippen LogP contribution in [0.15, 0.2) is 4.99 Å². The molecule has 1 N–H and O–H groups in total. The van der Waals surface area contributed by atoms with Crippen LogP contribution < -0.4 is 5.32 Å². The van der Waals surface area contributed by atoms with Crippen molar-refractivity contribution >= 4 is 27.7 Å². The van der Waals surface area contributed by atoms with Gasteiger partial charge in [-0.05, 0) is 11.8 Å². The lowest BCUT2D eigenvalue weighted by molar-refractivity contribution is 0.436. The Morgan fingerprint density at radius 3 is 2.81 bits per heavy atom. The molecule has 0 bridgehead atoms. The van der Waals surface area contributed by atoms with Crippen molar-refractivity contribution in [3.05, 3.63) is 0 Å². The fourth-order valence-electron chi connectivity index (χ4n) is 1.30. The van der Waals surface area contributed by atoms with Gasteiger partial charge in [-0.25, -0.2) is 0 Å². The molecule has 2 atom stereocenters. The van der Waals surface area contributed by atoms with Crippen LogP contribution in [0.3, 0.4) is 0 Å². The van der Waals surface area contributed by atoms with Crippen molar-refractivity contribution in [3.8, 4) is 0 Å². The lowest BCUT2D eigenvalue weighted by atomic mass is 9.97. The van der Waals surface area contributed by atoms with E-state index in [1.54, 1.807) is 18.0 Å². The molecular formula is C11H22N2OS2. The van der Waals surface area contributed by atoms with Crippen LogP contribution in [0.1, 0.15) is 27.2 Å². The molecule has 0 aromatic heterocycles. The maximum atomic E-state index is 11.2. The maximum absolute atomic E-state index is 11.2. The van der Waals surface area contributed by atoms with Gasteiger partial charge in [-0.1, -0.05) is 32.5 Å². The number of hydrogen-bond donors (Lipinski definition) is 1. The van der Waals surface area contributed by atoms with Crippen LogP contribution in [-0.2, 0) is 10.8 Å². The molecule has 0 amide bonds. The van der Waals surface area contributed by atoms with Crippen LogP contribution in [0, 0.1) is 5.41 Å². The Morgan fingerprint density at radius 1 is 1.62 bits per heavy atom. The molecule has 0 aliphatic carbocycles. The zero-order valence-corrected chi connectivity index (χ0v) is 12.2. The summed E-state index contributed by atoms with van der Waals surface area (Å²) < 4.78 is 11.2. The molecule has 0 radical (unpaired) electrons. The van der Waals surface area contributed by atoms with E-state index in [9.17, 15) is 4.21 Å².